The van der Waals surface area contributed by atoms with Gasteiger partial charge in [-0.15, -0.1) is 0 Å². The lowest BCUT2D eigenvalue weighted by molar-refractivity contribution is -0.122. The molecule has 1 aromatic rings. The Morgan fingerprint density at radius 1 is 1.26 bits per heavy atom. The number of benzene rings is 1. The number of Topliss-reactive ketones (excluding diaryl/α,β-unsaturated/α-hetero) is 1. The molecular formula is C16H22FNO. The maximum Gasteiger partial charge on any atom is 0.137 e. The summed E-state index contributed by atoms with van der Waals surface area (Å²) in [6, 6.07) is 6.50. The van der Waals surface area contributed by atoms with Crippen molar-refractivity contribution in [3.8, 4) is 0 Å². The van der Waals surface area contributed by atoms with E-state index in [0.717, 1.165) is 5.71 Å². The fourth-order valence-electron chi connectivity index (χ4n) is 1.91. The summed E-state index contributed by atoms with van der Waals surface area (Å²) in [4.78, 5) is 16.3. The molecule has 0 aromatic heterocycles. The third-order valence-electron chi connectivity index (χ3n) is 2.93. The second-order valence-electron chi connectivity index (χ2n) is 5.35. The molecule has 0 amide bonds. The molecule has 0 spiro atoms. The van der Waals surface area contributed by atoms with Crippen molar-refractivity contribution >= 4 is 11.5 Å². The zero-order valence-electron chi connectivity index (χ0n) is 12.1. The first-order valence-electron chi connectivity index (χ1n) is 6.67. The molecular weight excluding hydrogens is 241 g/mol. The summed E-state index contributed by atoms with van der Waals surface area (Å²) >= 11 is 0. The molecule has 0 radical (unpaired) electrons. The minimum atomic E-state index is -0.228. The standard InChI is InChI=1S/C16H22FNO/c1-11(2)16(19)10-14(18-12(3)4)9-13-7-5-6-8-15(13)17/h5-8,11,14H,9-10H2,1-4H3. The molecule has 1 rings (SSSR count). The van der Waals surface area contributed by atoms with Gasteiger partial charge in [0.1, 0.15) is 11.6 Å². The van der Waals surface area contributed by atoms with Gasteiger partial charge < -0.3 is 0 Å². The van der Waals surface area contributed by atoms with E-state index < -0.39 is 0 Å². The Labute approximate surface area is 114 Å². The molecule has 3 heteroatoms. The molecule has 1 unspecified atom stereocenters. The maximum absolute atomic E-state index is 13.7. The predicted molar refractivity (Wildman–Crippen MR) is 77.1 cm³/mol. The van der Waals surface area contributed by atoms with Crippen molar-refractivity contribution in [2.24, 2.45) is 10.9 Å². The third-order valence-corrected chi connectivity index (χ3v) is 2.93. The van der Waals surface area contributed by atoms with Gasteiger partial charge in [-0.2, -0.15) is 0 Å². The van der Waals surface area contributed by atoms with E-state index in [9.17, 15) is 9.18 Å². The van der Waals surface area contributed by atoms with Gasteiger partial charge in [0.05, 0.1) is 6.04 Å². The van der Waals surface area contributed by atoms with E-state index in [0.29, 0.717) is 18.4 Å². The average molecular weight is 263 g/mol. The molecule has 0 fully saturated rings. The number of nitrogens with zero attached hydrogens (tertiary/aromatic N) is 1. The van der Waals surface area contributed by atoms with Crippen molar-refractivity contribution < 1.29 is 9.18 Å². The lowest BCUT2D eigenvalue weighted by Crippen LogP contribution is -2.19. The first-order valence-corrected chi connectivity index (χ1v) is 6.67. The van der Waals surface area contributed by atoms with Crippen LogP contribution in [0.3, 0.4) is 0 Å². The monoisotopic (exact) mass is 263 g/mol. The van der Waals surface area contributed by atoms with Crippen LogP contribution < -0.4 is 0 Å². The van der Waals surface area contributed by atoms with Gasteiger partial charge in [0.15, 0.2) is 0 Å². The maximum atomic E-state index is 13.7. The van der Waals surface area contributed by atoms with Crippen molar-refractivity contribution in [3.63, 3.8) is 0 Å². The van der Waals surface area contributed by atoms with Gasteiger partial charge in [0, 0.05) is 18.1 Å². The highest BCUT2D eigenvalue weighted by molar-refractivity contribution is 5.82. The van der Waals surface area contributed by atoms with Crippen LogP contribution in [0.5, 0.6) is 0 Å². The zero-order valence-corrected chi connectivity index (χ0v) is 12.1. The molecule has 2 nitrogen and oxygen atoms in total. The number of ketones is 1. The number of hydrogen-bond donors (Lipinski definition) is 0. The van der Waals surface area contributed by atoms with Crippen LogP contribution in [0, 0.1) is 11.7 Å². The van der Waals surface area contributed by atoms with Gasteiger partial charge in [-0.25, -0.2) is 4.39 Å². The molecule has 19 heavy (non-hydrogen) atoms. The summed E-state index contributed by atoms with van der Waals surface area (Å²) in [5.41, 5.74) is 1.53. The largest absolute Gasteiger partial charge is 0.299 e. The van der Waals surface area contributed by atoms with Gasteiger partial charge in [0.25, 0.3) is 0 Å². The SMILES string of the molecule is CC(C)=NC(CC(=O)C(C)C)Cc1ccccc1F. The van der Waals surface area contributed by atoms with Crippen LogP contribution >= 0.6 is 0 Å². The number of rotatable bonds is 6. The van der Waals surface area contributed by atoms with Gasteiger partial charge >= 0.3 is 0 Å². The van der Waals surface area contributed by atoms with E-state index in [1.165, 1.54) is 6.07 Å². The normalized spacial score (nSPS) is 12.3. The Kier molecular flexibility index (Phi) is 5.87. The fraction of sp³-hybridized carbons (Fsp3) is 0.500. The van der Waals surface area contributed by atoms with E-state index in [-0.39, 0.29) is 23.6 Å². The summed E-state index contributed by atoms with van der Waals surface area (Å²) in [6.07, 6.45) is 0.841. The minimum Gasteiger partial charge on any atom is -0.299 e. The molecule has 1 atom stereocenters. The van der Waals surface area contributed by atoms with Gasteiger partial charge in [0.2, 0.25) is 0 Å². The Balaban J connectivity index is 2.84. The number of halogens is 1. The zero-order chi connectivity index (χ0) is 14.4. The lowest BCUT2D eigenvalue weighted by Gasteiger charge is -2.14. The van der Waals surface area contributed by atoms with Crippen molar-refractivity contribution in [2.75, 3.05) is 0 Å². The van der Waals surface area contributed by atoms with Crippen LogP contribution in [0.4, 0.5) is 4.39 Å². The topological polar surface area (TPSA) is 29.4 Å². The van der Waals surface area contributed by atoms with Crippen molar-refractivity contribution in [3.05, 3.63) is 35.6 Å². The number of carbonyl (C=O) groups excluding carboxylic acids is 1. The van der Waals surface area contributed by atoms with E-state index in [1.54, 1.807) is 12.1 Å². The Morgan fingerprint density at radius 2 is 1.89 bits per heavy atom. The molecule has 0 N–H and O–H groups in total. The van der Waals surface area contributed by atoms with Gasteiger partial charge in [-0.05, 0) is 31.9 Å². The molecule has 0 aliphatic carbocycles. The highest BCUT2D eigenvalue weighted by Crippen LogP contribution is 2.15. The molecule has 0 aliphatic heterocycles. The highest BCUT2D eigenvalue weighted by Gasteiger charge is 2.17. The van der Waals surface area contributed by atoms with Crippen LogP contribution in [0.15, 0.2) is 29.3 Å². The van der Waals surface area contributed by atoms with E-state index in [4.69, 9.17) is 0 Å². The van der Waals surface area contributed by atoms with Crippen LogP contribution in [0.25, 0.3) is 0 Å². The van der Waals surface area contributed by atoms with Crippen LogP contribution in [0.2, 0.25) is 0 Å². The van der Waals surface area contributed by atoms with Crippen LogP contribution in [0.1, 0.15) is 39.7 Å². The van der Waals surface area contributed by atoms with E-state index in [1.807, 2.05) is 33.8 Å². The molecule has 104 valence electrons. The van der Waals surface area contributed by atoms with Crippen LogP contribution in [-0.4, -0.2) is 17.5 Å². The second kappa shape index (κ2) is 7.17. The molecule has 0 saturated carbocycles. The number of hydrogen-bond acceptors (Lipinski definition) is 2. The molecule has 0 heterocycles. The number of aliphatic imine (C=N–C) groups is 1. The summed E-state index contributed by atoms with van der Waals surface area (Å²) in [5.74, 6) is -0.0599. The van der Waals surface area contributed by atoms with Crippen molar-refractivity contribution in [1.82, 2.24) is 0 Å². The Bertz CT molecular complexity index is 462. The smallest absolute Gasteiger partial charge is 0.137 e. The quantitative estimate of drug-likeness (QED) is 0.717. The van der Waals surface area contributed by atoms with Crippen LogP contribution in [-0.2, 0) is 11.2 Å². The van der Waals surface area contributed by atoms with Gasteiger partial charge in [-0.1, -0.05) is 32.0 Å². The first kappa shape index (κ1) is 15.5. The third kappa shape index (κ3) is 5.33. The molecule has 0 saturated heterocycles. The van der Waals surface area contributed by atoms with Gasteiger partial charge in [-0.3, -0.25) is 9.79 Å². The Hall–Kier alpha value is -1.51. The lowest BCUT2D eigenvalue weighted by atomic mass is 9.96. The van der Waals surface area contributed by atoms with Crippen molar-refractivity contribution in [1.29, 1.82) is 0 Å². The predicted octanol–water partition coefficient (Wildman–Crippen LogP) is 3.83. The summed E-state index contributed by atoms with van der Waals surface area (Å²) in [7, 11) is 0. The minimum absolute atomic E-state index is 0.00418. The molecule has 0 aliphatic rings. The average Bonchev–Trinajstić information content (AvgIpc) is 2.31. The first-order chi connectivity index (χ1) is 8.90. The summed E-state index contributed by atoms with van der Waals surface area (Å²) < 4.78 is 13.7. The highest BCUT2D eigenvalue weighted by atomic mass is 19.1. The summed E-state index contributed by atoms with van der Waals surface area (Å²) in [5, 5.41) is 0. The van der Waals surface area contributed by atoms with Crippen molar-refractivity contribution in [2.45, 2.75) is 46.6 Å². The van der Waals surface area contributed by atoms with E-state index >= 15 is 0 Å². The van der Waals surface area contributed by atoms with E-state index in [2.05, 4.69) is 4.99 Å². The Morgan fingerprint density at radius 3 is 2.42 bits per heavy atom. The molecule has 1 aromatic carbocycles. The summed E-state index contributed by atoms with van der Waals surface area (Å²) in [6.45, 7) is 7.55. The number of carbonyl (C=O) groups is 1. The fourth-order valence-corrected chi connectivity index (χ4v) is 1.91. The molecule has 0 bridgehead atoms. The second-order valence-corrected chi connectivity index (χ2v) is 5.35.